The van der Waals surface area contributed by atoms with Gasteiger partial charge < -0.3 is 5.32 Å². The van der Waals surface area contributed by atoms with Crippen LogP contribution >= 0.6 is 12.6 Å². The fourth-order valence-electron chi connectivity index (χ4n) is 2.32. The molecule has 0 aliphatic carbocycles. The van der Waals surface area contributed by atoms with Crippen LogP contribution in [0.5, 0.6) is 0 Å². The number of nitrogens with one attached hydrogen (secondary N) is 1. The molecule has 0 aliphatic rings. The smallest absolute Gasteiger partial charge is 0.234 e. The highest BCUT2D eigenvalue weighted by Crippen LogP contribution is 2.32. The molecule has 104 valence electrons. The summed E-state index contributed by atoms with van der Waals surface area (Å²) in [7, 11) is 0. The molecular formula is C17H19NOS. The molecule has 2 aromatic rings. The Morgan fingerprint density at radius 2 is 1.45 bits per heavy atom. The van der Waals surface area contributed by atoms with Crippen LogP contribution in [0.4, 0.5) is 0 Å². The van der Waals surface area contributed by atoms with Gasteiger partial charge in [0.1, 0.15) is 0 Å². The molecule has 0 aromatic heterocycles. The Kier molecular flexibility index (Phi) is 4.85. The molecule has 0 radical (unpaired) electrons. The predicted molar refractivity (Wildman–Crippen MR) is 86.2 cm³/mol. The molecule has 2 nitrogen and oxygen atoms in total. The summed E-state index contributed by atoms with van der Waals surface area (Å²) < 4.78 is 0. The van der Waals surface area contributed by atoms with Gasteiger partial charge in [-0.3, -0.25) is 4.79 Å². The van der Waals surface area contributed by atoms with Crippen LogP contribution in [0.15, 0.2) is 60.7 Å². The Morgan fingerprint density at radius 3 is 1.85 bits per heavy atom. The van der Waals surface area contributed by atoms with Crippen LogP contribution in [-0.2, 0) is 10.2 Å². The summed E-state index contributed by atoms with van der Waals surface area (Å²) >= 11 is 4.15. The molecule has 0 aliphatic heterocycles. The van der Waals surface area contributed by atoms with E-state index < -0.39 is 5.41 Å². The minimum Gasteiger partial charge on any atom is -0.354 e. The maximum atomic E-state index is 12.7. The van der Waals surface area contributed by atoms with Crippen molar-refractivity contribution < 1.29 is 4.79 Å². The second-order valence-electron chi connectivity index (χ2n) is 4.84. The van der Waals surface area contributed by atoms with Crippen LogP contribution in [0.2, 0.25) is 0 Å². The number of carbonyl (C=O) groups is 1. The second-order valence-corrected chi connectivity index (χ2v) is 5.28. The first-order valence-electron chi connectivity index (χ1n) is 6.70. The van der Waals surface area contributed by atoms with Crippen molar-refractivity contribution in [3.05, 3.63) is 71.8 Å². The zero-order chi connectivity index (χ0) is 14.4. The zero-order valence-electron chi connectivity index (χ0n) is 11.5. The minimum atomic E-state index is -0.689. The average Bonchev–Trinajstić information content (AvgIpc) is 2.53. The van der Waals surface area contributed by atoms with E-state index in [1.165, 1.54) is 0 Å². The molecule has 0 atom stereocenters. The molecule has 2 aromatic carbocycles. The van der Waals surface area contributed by atoms with Gasteiger partial charge in [0.15, 0.2) is 0 Å². The first kappa shape index (κ1) is 14.7. The van der Waals surface area contributed by atoms with Gasteiger partial charge in [0, 0.05) is 12.3 Å². The Labute approximate surface area is 125 Å². The van der Waals surface area contributed by atoms with Crippen molar-refractivity contribution in [2.24, 2.45) is 0 Å². The number of amides is 1. The lowest BCUT2D eigenvalue weighted by atomic mass is 9.75. The Balaban J connectivity index is 2.46. The minimum absolute atomic E-state index is 0.00366. The molecule has 3 heteroatoms. The summed E-state index contributed by atoms with van der Waals surface area (Å²) in [4.78, 5) is 12.7. The van der Waals surface area contributed by atoms with Gasteiger partial charge in [-0.25, -0.2) is 0 Å². The molecule has 2 rings (SSSR count). The molecule has 1 N–H and O–H groups in total. The second kappa shape index (κ2) is 6.62. The Morgan fingerprint density at radius 1 is 1.00 bits per heavy atom. The highest BCUT2D eigenvalue weighted by atomic mass is 32.1. The Bertz CT molecular complexity index is 514. The molecule has 20 heavy (non-hydrogen) atoms. The number of carbonyl (C=O) groups excluding carboxylic acids is 1. The van der Waals surface area contributed by atoms with E-state index in [-0.39, 0.29) is 5.91 Å². The molecule has 0 spiro atoms. The summed E-state index contributed by atoms with van der Waals surface area (Å²) in [5.74, 6) is 0.634. The lowest BCUT2D eigenvalue weighted by Gasteiger charge is -2.29. The van der Waals surface area contributed by atoms with Crippen molar-refractivity contribution in [3.63, 3.8) is 0 Å². The van der Waals surface area contributed by atoms with Gasteiger partial charge in [0.05, 0.1) is 5.41 Å². The largest absolute Gasteiger partial charge is 0.354 e. The van der Waals surface area contributed by atoms with Crippen molar-refractivity contribution in [3.8, 4) is 0 Å². The number of thiol groups is 1. The number of rotatable bonds is 5. The van der Waals surface area contributed by atoms with Crippen LogP contribution in [0.3, 0.4) is 0 Å². The van der Waals surface area contributed by atoms with Gasteiger partial charge in [-0.1, -0.05) is 60.7 Å². The van der Waals surface area contributed by atoms with Gasteiger partial charge in [0.2, 0.25) is 5.91 Å². The van der Waals surface area contributed by atoms with Crippen molar-refractivity contribution in [2.45, 2.75) is 12.3 Å². The monoisotopic (exact) mass is 285 g/mol. The summed E-state index contributed by atoms with van der Waals surface area (Å²) in [5.41, 5.74) is 1.29. The molecule has 0 fully saturated rings. The van der Waals surface area contributed by atoms with Crippen LogP contribution in [0.1, 0.15) is 18.1 Å². The highest BCUT2D eigenvalue weighted by molar-refractivity contribution is 7.80. The van der Waals surface area contributed by atoms with Crippen molar-refractivity contribution >= 4 is 18.5 Å². The lowest BCUT2D eigenvalue weighted by molar-refractivity contribution is -0.124. The van der Waals surface area contributed by atoms with E-state index in [1.807, 2.05) is 67.6 Å². The van der Waals surface area contributed by atoms with Gasteiger partial charge >= 0.3 is 0 Å². The van der Waals surface area contributed by atoms with E-state index in [0.717, 1.165) is 11.1 Å². The number of hydrogen-bond donors (Lipinski definition) is 2. The third-order valence-corrected chi connectivity index (χ3v) is 3.78. The lowest BCUT2D eigenvalue weighted by Crippen LogP contribution is -2.43. The quantitative estimate of drug-likeness (QED) is 0.812. The highest BCUT2D eigenvalue weighted by Gasteiger charge is 2.36. The average molecular weight is 285 g/mol. The van der Waals surface area contributed by atoms with Crippen molar-refractivity contribution in [1.82, 2.24) is 5.32 Å². The fourth-order valence-corrected chi connectivity index (χ4v) is 2.43. The van der Waals surface area contributed by atoms with Gasteiger partial charge in [-0.05, 0) is 18.1 Å². The number of hydrogen-bond acceptors (Lipinski definition) is 2. The fraction of sp³-hybridized carbons (Fsp3) is 0.235. The summed E-state index contributed by atoms with van der Waals surface area (Å²) in [6.45, 7) is 2.53. The summed E-state index contributed by atoms with van der Waals surface area (Å²) in [5, 5.41) is 2.95. The molecule has 0 bridgehead atoms. The van der Waals surface area contributed by atoms with E-state index in [4.69, 9.17) is 0 Å². The molecule has 0 saturated heterocycles. The van der Waals surface area contributed by atoms with Crippen molar-refractivity contribution in [1.29, 1.82) is 0 Å². The Hall–Kier alpha value is -1.74. The zero-order valence-corrected chi connectivity index (χ0v) is 12.4. The first-order valence-corrected chi connectivity index (χ1v) is 7.33. The van der Waals surface area contributed by atoms with Crippen molar-refractivity contribution in [2.75, 3.05) is 12.3 Å². The van der Waals surface area contributed by atoms with Gasteiger partial charge in [-0.2, -0.15) is 12.6 Å². The van der Waals surface area contributed by atoms with E-state index in [1.54, 1.807) is 0 Å². The van der Waals surface area contributed by atoms with E-state index in [0.29, 0.717) is 12.3 Å². The van der Waals surface area contributed by atoms with Crippen LogP contribution in [0.25, 0.3) is 0 Å². The predicted octanol–water partition coefficient (Wildman–Crippen LogP) is 3.04. The third-order valence-electron chi connectivity index (χ3n) is 3.55. The maximum absolute atomic E-state index is 12.7. The topological polar surface area (TPSA) is 29.1 Å². The van der Waals surface area contributed by atoms with Gasteiger partial charge in [-0.15, -0.1) is 0 Å². The third kappa shape index (κ3) is 2.88. The first-order chi connectivity index (χ1) is 9.69. The van der Waals surface area contributed by atoms with Crippen LogP contribution < -0.4 is 5.32 Å². The van der Waals surface area contributed by atoms with Crippen LogP contribution in [0, 0.1) is 0 Å². The molecular weight excluding hydrogens is 266 g/mol. The van der Waals surface area contributed by atoms with Gasteiger partial charge in [0.25, 0.3) is 0 Å². The molecule has 0 saturated carbocycles. The molecule has 0 unspecified atom stereocenters. The van der Waals surface area contributed by atoms with E-state index in [2.05, 4.69) is 17.9 Å². The van der Waals surface area contributed by atoms with Crippen LogP contribution in [-0.4, -0.2) is 18.2 Å². The molecule has 0 heterocycles. The summed E-state index contributed by atoms with van der Waals surface area (Å²) in [6, 6.07) is 19.7. The van der Waals surface area contributed by atoms with E-state index in [9.17, 15) is 4.79 Å². The SMILES string of the molecule is CC(C(=O)NCCS)(c1ccccc1)c1ccccc1. The maximum Gasteiger partial charge on any atom is 0.234 e. The number of benzene rings is 2. The normalized spacial score (nSPS) is 11.1. The standard InChI is InChI=1S/C17H19NOS/c1-17(16(19)18-12-13-20,14-8-4-2-5-9-14)15-10-6-3-7-11-15/h2-11,20H,12-13H2,1H3,(H,18,19). The van der Waals surface area contributed by atoms with E-state index >= 15 is 0 Å². The molecule has 1 amide bonds. The summed E-state index contributed by atoms with van der Waals surface area (Å²) in [6.07, 6.45) is 0.